The Balaban J connectivity index is 2.18. The molecular formula is C18H30N2. The van der Waals surface area contributed by atoms with Gasteiger partial charge in [-0.15, -0.1) is 0 Å². The molecule has 1 N–H and O–H groups in total. The summed E-state index contributed by atoms with van der Waals surface area (Å²) in [6.07, 6.45) is 5.04. The largest absolute Gasteiger partial charge is 0.316 e. The third kappa shape index (κ3) is 3.62. The Bertz CT molecular complexity index is 402. The smallest absolute Gasteiger partial charge is 0.0388 e. The number of nitrogens with zero attached hydrogens (tertiary/aromatic N) is 1. The first kappa shape index (κ1) is 15.5. The van der Waals surface area contributed by atoms with Crippen LogP contribution in [0.2, 0.25) is 0 Å². The van der Waals surface area contributed by atoms with Crippen molar-refractivity contribution in [3.63, 3.8) is 0 Å². The summed E-state index contributed by atoms with van der Waals surface area (Å²) < 4.78 is 0. The molecule has 1 fully saturated rings. The number of hydrogen-bond donors (Lipinski definition) is 1. The normalized spacial score (nSPS) is 23.9. The van der Waals surface area contributed by atoms with Crippen molar-refractivity contribution in [1.82, 2.24) is 10.2 Å². The molecule has 0 bridgehead atoms. The quantitative estimate of drug-likeness (QED) is 0.797. The lowest BCUT2D eigenvalue weighted by Gasteiger charge is -2.40. The van der Waals surface area contributed by atoms with Gasteiger partial charge in [0.05, 0.1) is 0 Å². The van der Waals surface area contributed by atoms with Gasteiger partial charge in [-0.1, -0.05) is 38.1 Å². The molecule has 2 rings (SSSR count). The van der Waals surface area contributed by atoms with Crippen molar-refractivity contribution in [2.45, 2.75) is 45.6 Å². The minimum atomic E-state index is 0.587. The predicted octanol–water partition coefficient (Wildman–Crippen LogP) is 3.63. The molecule has 2 nitrogen and oxygen atoms in total. The van der Waals surface area contributed by atoms with Crippen LogP contribution in [-0.2, 0) is 6.42 Å². The predicted molar refractivity (Wildman–Crippen MR) is 87.1 cm³/mol. The lowest BCUT2D eigenvalue weighted by molar-refractivity contribution is 0.119. The van der Waals surface area contributed by atoms with E-state index in [9.17, 15) is 0 Å². The average Bonchev–Trinajstić information content (AvgIpc) is 2.48. The highest BCUT2D eigenvalue weighted by molar-refractivity contribution is 5.31. The molecule has 1 aromatic carbocycles. The van der Waals surface area contributed by atoms with Crippen LogP contribution < -0.4 is 5.32 Å². The van der Waals surface area contributed by atoms with Crippen LogP contribution in [0.3, 0.4) is 0 Å². The second kappa shape index (κ2) is 7.80. The molecule has 0 spiro atoms. The summed E-state index contributed by atoms with van der Waals surface area (Å²) in [4.78, 5) is 2.57. The number of rotatable bonds is 6. The Labute approximate surface area is 124 Å². The SMILES string of the molecule is CCCNCC1CCCN(C)C1c1ccccc1CC. The van der Waals surface area contributed by atoms with E-state index in [0.29, 0.717) is 6.04 Å². The monoisotopic (exact) mass is 274 g/mol. The van der Waals surface area contributed by atoms with Crippen molar-refractivity contribution >= 4 is 0 Å². The maximum atomic E-state index is 3.64. The van der Waals surface area contributed by atoms with Gasteiger partial charge in [0.15, 0.2) is 0 Å². The molecule has 1 saturated heterocycles. The first-order valence-electron chi connectivity index (χ1n) is 8.26. The fraction of sp³-hybridized carbons (Fsp3) is 0.667. The van der Waals surface area contributed by atoms with Crippen LogP contribution in [-0.4, -0.2) is 31.6 Å². The van der Waals surface area contributed by atoms with E-state index in [1.165, 1.54) is 31.4 Å². The summed E-state index contributed by atoms with van der Waals surface area (Å²) in [6.45, 7) is 8.03. The molecule has 1 aromatic rings. The maximum absolute atomic E-state index is 3.64. The molecule has 2 atom stereocenters. The average molecular weight is 274 g/mol. The second-order valence-corrected chi connectivity index (χ2v) is 6.08. The van der Waals surface area contributed by atoms with Gasteiger partial charge in [0, 0.05) is 6.04 Å². The van der Waals surface area contributed by atoms with Crippen LogP contribution in [0, 0.1) is 5.92 Å². The number of hydrogen-bond acceptors (Lipinski definition) is 2. The zero-order valence-electron chi connectivity index (χ0n) is 13.4. The number of aryl methyl sites for hydroxylation is 1. The number of nitrogens with one attached hydrogen (secondary N) is 1. The Hall–Kier alpha value is -0.860. The minimum Gasteiger partial charge on any atom is -0.316 e. The molecule has 20 heavy (non-hydrogen) atoms. The van der Waals surface area contributed by atoms with E-state index in [0.717, 1.165) is 25.4 Å². The Morgan fingerprint density at radius 2 is 2.05 bits per heavy atom. The van der Waals surface area contributed by atoms with Crippen LogP contribution in [0.15, 0.2) is 24.3 Å². The highest BCUT2D eigenvalue weighted by Crippen LogP contribution is 2.36. The van der Waals surface area contributed by atoms with Gasteiger partial charge in [-0.2, -0.15) is 0 Å². The molecule has 112 valence electrons. The number of piperidine rings is 1. The van der Waals surface area contributed by atoms with Gasteiger partial charge in [-0.25, -0.2) is 0 Å². The number of benzene rings is 1. The zero-order chi connectivity index (χ0) is 14.4. The Kier molecular flexibility index (Phi) is 6.06. The molecule has 1 aliphatic heterocycles. The summed E-state index contributed by atoms with van der Waals surface area (Å²) in [5.74, 6) is 0.744. The summed E-state index contributed by atoms with van der Waals surface area (Å²) in [7, 11) is 2.29. The zero-order valence-corrected chi connectivity index (χ0v) is 13.4. The van der Waals surface area contributed by atoms with Gasteiger partial charge in [0.1, 0.15) is 0 Å². The first-order chi connectivity index (χ1) is 9.77. The second-order valence-electron chi connectivity index (χ2n) is 6.08. The summed E-state index contributed by atoms with van der Waals surface area (Å²) in [5.41, 5.74) is 3.08. The van der Waals surface area contributed by atoms with Gasteiger partial charge >= 0.3 is 0 Å². The fourth-order valence-corrected chi connectivity index (χ4v) is 3.57. The lowest BCUT2D eigenvalue weighted by atomic mass is 9.82. The highest BCUT2D eigenvalue weighted by Gasteiger charge is 2.31. The van der Waals surface area contributed by atoms with Crippen LogP contribution in [0.4, 0.5) is 0 Å². The van der Waals surface area contributed by atoms with Gasteiger partial charge < -0.3 is 5.32 Å². The first-order valence-corrected chi connectivity index (χ1v) is 8.26. The maximum Gasteiger partial charge on any atom is 0.0388 e. The van der Waals surface area contributed by atoms with E-state index < -0.39 is 0 Å². The molecule has 0 aliphatic carbocycles. The summed E-state index contributed by atoms with van der Waals surface area (Å²) in [6, 6.07) is 9.61. The Morgan fingerprint density at radius 3 is 2.80 bits per heavy atom. The summed E-state index contributed by atoms with van der Waals surface area (Å²) in [5, 5.41) is 3.64. The topological polar surface area (TPSA) is 15.3 Å². The van der Waals surface area contributed by atoms with Crippen molar-refractivity contribution in [1.29, 1.82) is 0 Å². The van der Waals surface area contributed by atoms with Crippen molar-refractivity contribution in [3.8, 4) is 0 Å². The molecule has 2 heteroatoms. The molecule has 0 amide bonds. The molecule has 0 radical (unpaired) electrons. The van der Waals surface area contributed by atoms with Gasteiger partial charge in [0.25, 0.3) is 0 Å². The van der Waals surface area contributed by atoms with Crippen molar-refractivity contribution in [2.75, 3.05) is 26.7 Å². The summed E-state index contributed by atoms with van der Waals surface area (Å²) >= 11 is 0. The third-order valence-electron chi connectivity index (χ3n) is 4.60. The number of likely N-dealkylation sites (tertiary alicyclic amines) is 1. The highest BCUT2D eigenvalue weighted by atomic mass is 15.1. The van der Waals surface area contributed by atoms with E-state index in [4.69, 9.17) is 0 Å². The Morgan fingerprint density at radius 1 is 1.25 bits per heavy atom. The molecule has 0 aromatic heterocycles. The molecule has 0 saturated carbocycles. The van der Waals surface area contributed by atoms with E-state index in [1.807, 2.05) is 0 Å². The lowest BCUT2D eigenvalue weighted by Crippen LogP contribution is -2.41. The van der Waals surface area contributed by atoms with Crippen LogP contribution in [0.25, 0.3) is 0 Å². The van der Waals surface area contributed by atoms with E-state index >= 15 is 0 Å². The van der Waals surface area contributed by atoms with Crippen molar-refractivity contribution in [3.05, 3.63) is 35.4 Å². The molecular weight excluding hydrogens is 244 g/mol. The van der Waals surface area contributed by atoms with Crippen LogP contribution in [0.1, 0.15) is 50.3 Å². The molecule has 1 heterocycles. The van der Waals surface area contributed by atoms with Crippen molar-refractivity contribution in [2.24, 2.45) is 5.92 Å². The van der Waals surface area contributed by atoms with Crippen LogP contribution >= 0.6 is 0 Å². The molecule has 1 aliphatic rings. The van der Waals surface area contributed by atoms with E-state index in [2.05, 4.69) is 55.4 Å². The fourth-order valence-electron chi connectivity index (χ4n) is 3.57. The standard InChI is InChI=1S/C18H30N2/c1-4-12-19-14-16-10-8-13-20(3)18(16)17-11-7-6-9-15(17)5-2/h6-7,9,11,16,18-19H,4-5,8,10,12-14H2,1-3H3. The third-order valence-corrected chi connectivity index (χ3v) is 4.60. The van der Waals surface area contributed by atoms with Crippen LogP contribution in [0.5, 0.6) is 0 Å². The van der Waals surface area contributed by atoms with Crippen molar-refractivity contribution < 1.29 is 0 Å². The van der Waals surface area contributed by atoms with Gasteiger partial charge in [-0.3, -0.25) is 4.90 Å². The van der Waals surface area contributed by atoms with E-state index in [-0.39, 0.29) is 0 Å². The van der Waals surface area contributed by atoms with E-state index in [1.54, 1.807) is 5.56 Å². The minimum absolute atomic E-state index is 0.587. The molecule has 2 unspecified atom stereocenters. The van der Waals surface area contributed by atoms with Gasteiger partial charge in [-0.05, 0) is 69.4 Å². The van der Waals surface area contributed by atoms with Gasteiger partial charge in [0.2, 0.25) is 0 Å².